The van der Waals surface area contributed by atoms with Crippen molar-refractivity contribution >= 4 is 25.9 Å². The molecule has 2 rings (SSSR count). The van der Waals surface area contributed by atoms with Crippen molar-refractivity contribution in [2.45, 2.75) is 0 Å². The summed E-state index contributed by atoms with van der Waals surface area (Å²) in [6, 6.07) is 10.1. The number of hydrogen-bond acceptors (Lipinski definition) is 3. The number of carboxylic acids is 1. The largest absolute Gasteiger partial charge is 0.507 e. The lowest BCUT2D eigenvalue weighted by molar-refractivity contribution is 0.0696. The highest BCUT2D eigenvalue weighted by molar-refractivity contribution is 7.00. The van der Waals surface area contributed by atoms with Crippen LogP contribution in [0, 0.1) is 0 Å². The van der Waals surface area contributed by atoms with Gasteiger partial charge in [0, 0.05) is 0 Å². The number of phenols is 1. The third-order valence-corrected chi connectivity index (χ3v) is 2.12. The van der Waals surface area contributed by atoms with Crippen LogP contribution in [0.25, 0.3) is 10.8 Å². The SMILES string of the molecule is O=C(O)c1c(O)ccc2ccccc12.O=[PH2+]. The number of aromatic carboxylic acids is 1. The number of hydrogen-bond donors (Lipinski definition) is 2. The predicted molar refractivity (Wildman–Crippen MR) is 63.0 cm³/mol. The zero-order valence-electron chi connectivity index (χ0n) is 8.25. The Morgan fingerprint density at radius 1 is 1.06 bits per heavy atom. The quantitative estimate of drug-likeness (QED) is 0.747. The molecule has 2 aromatic carbocycles. The fourth-order valence-electron chi connectivity index (χ4n) is 1.48. The van der Waals surface area contributed by atoms with Gasteiger partial charge in [0.25, 0.3) is 0 Å². The molecule has 0 amide bonds. The van der Waals surface area contributed by atoms with Crippen LogP contribution in [0.5, 0.6) is 5.75 Å². The fraction of sp³-hybridized carbons (Fsp3) is 0. The molecule has 0 radical (unpaired) electrons. The number of aromatic hydroxyl groups is 1. The fourth-order valence-corrected chi connectivity index (χ4v) is 1.48. The Hall–Kier alpha value is -1.93. The van der Waals surface area contributed by atoms with Crippen LogP contribution in [0.3, 0.4) is 0 Å². The molecule has 0 spiro atoms. The molecule has 0 fully saturated rings. The lowest BCUT2D eigenvalue weighted by atomic mass is 10.0. The normalized spacial score (nSPS) is 9.25. The van der Waals surface area contributed by atoms with E-state index in [9.17, 15) is 9.90 Å². The molecule has 0 heterocycles. The van der Waals surface area contributed by atoms with Crippen LogP contribution in [-0.2, 0) is 4.57 Å². The number of benzene rings is 2. The van der Waals surface area contributed by atoms with Gasteiger partial charge in [-0.3, -0.25) is 0 Å². The van der Waals surface area contributed by atoms with Crippen LogP contribution in [0.2, 0.25) is 0 Å². The number of rotatable bonds is 1. The molecular weight excluding hydrogens is 227 g/mol. The third kappa shape index (κ3) is 2.18. The van der Waals surface area contributed by atoms with Crippen LogP contribution >= 0.6 is 9.12 Å². The predicted octanol–water partition coefficient (Wildman–Crippen LogP) is 2.45. The Balaban J connectivity index is 0.000000606. The molecule has 1 unspecified atom stereocenters. The Kier molecular flexibility index (Phi) is 3.97. The summed E-state index contributed by atoms with van der Waals surface area (Å²) in [4.78, 5) is 10.9. The van der Waals surface area contributed by atoms with E-state index < -0.39 is 5.97 Å². The Labute approximate surface area is 93.8 Å². The molecule has 0 aliphatic heterocycles. The topological polar surface area (TPSA) is 74.6 Å². The summed E-state index contributed by atoms with van der Waals surface area (Å²) in [7, 11) is 1.17. The van der Waals surface area contributed by atoms with E-state index in [1.807, 2.05) is 6.07 Å². The summed E-state index contributed by atoms with van der Waals surface area (Å²) in [5.74, 6) is -1.31. The molecule has 0 saturated carbocycles. The average Bonchev–Trinajstić information content (AvgIpc) is 2.31. The summed E-state index contributed by atoms with van der Waals surface area (Å²) in [5, 5.41) is 19.7. The van der Waals surface area contributed by atoms with Gasteiger partial charge >= 0.3 is 15.1 Å². The van der Waals surface area contributed by atoms with E-state index in [1.165, 1.54) is 15.2 Å². The van der Waals surface area contributed by atoms with E-state index in [2.05, 4.69) is 0 Å². The molecule has 0 aliphatic rings. The minimum atomic E-state index is -1.11. The van der Waals surface area contributed by atoms with Gasteiger partial charge in [-0.1, -0.05) is 34.9 Å². The van der Waals surface area contributed by atoms with Crippen LogP contribution < -0.4 is 0 Å². The van der Waals surface area contributed by atoms with Crippen LogP contribution in [0.4, 0.5) is 0 Å². The maximum atomic E-state index is 10.9. The molecule has 0 saturated heterocycles. The number of carbonyl (C=O) groups is 1. The van der Waals surface area contributed by atoms with Crippen molar-refractivity contribution in [2.24, 2.45) is 0 Å². The summed E-state index contributed by atoms with van der Waals surface area (Å²) < 4.78 is 8.17. The first-order valence-corrected chi connectivity index (χ1v) is 4.85. The van der Waals surface area contributed by atoms with Crippen LogP contribution in [0.15, 0.2) is 36.4 Å². The first kappa shape index (κ1) is 12.1. The van der Waals surface area contributed by atoms with Crippen LogP contribution in [0.1, 0.15) is 10.4 Å². The van der Waals surface area contributed by atoms with Gasteiger partial charge in [0.05, 0.1) is 0 Å². The molecule has 82 valence electrons. The summed E-state index contributed by atoms with van der Waals surface area (Å²) >= 11 is 0. The summed E-state index contributed by atoms with van der Waals surface area (Å²) in [6.45, 7) is 0. The molecule has 1 atom stereocenters. The van der Waals surface area contributed by atoms with Gasteiger partial charge < -0.3 is 10.2 Å². The van der Waals surface area contributed by atoms with Gasteiger partial charge in [0.1, 0.15) is 11.3 Å². The zero-order valence-corrected chi connectivity index (χ0v) is 9.41. The van der Waals surface area contributed by atoms with Crippen molar-refractivity contribution in [3.05, 3.63) is 42.0 Å². The maximum absolute atomic E-state index is 10.9. The van der Waals surface area contributed by atoms with Crippen LogP contribution in [-0.4, -0.2) is 16.2 Å². The monoisotopic (exact) mass is 237 g/mol. The highest BCUT2D eigenvalue weighted by Gasteiger charge is 2.12. The summed E-state index contributed by atoms with van der Waals surface area (Å²) in [6.07, 6.45) is 0. The second-order valence-corrected chi connectivity index (χ2v) is 2.99. The van der Waals surface area contributed by atoms with Crippen molar-refractivity contribution in [1.29, 1.82) is 0 Å². The minimum Gasteiger partial charge on any atom is -0.507 e. The molecule has 0 aliphatic carbocycles. The molecule has 0 bridgehead atoms. The van der Waals surface area contributed by atoms with Gasteiger partial charge in [-0.25, -0.2) is 4.79 Å². The number of carboxylic acid groups (broad SMARTS) is 1. The standard InChI is InChI=1S/C11H8O3.H2OP/c12-9-6-5-7-3-1-2-4-8(7)10(9)11(13)14;1-2/h1-6,12H,(H,13,14);2H2/q;+1. The lowest BCUT2D eigenvalue weighted by Crippen LogP contribution is -1.97. The zero-order chi connectivity index (χ0) is 12.1. The average molecular weight is 237 g/mol. The highest BCUT2D eigenvalue weighted by atomic mass is 31.0. The van der Waals surface area contributed by atoms with Crippen molar-refractivity contribution < 1.29 is 19.6 Å². The maximum Gasteiger partial charge on any atom is 0.340 e. The molecule has 2 N–H and O–H groups in total. The third-order valence-electron chi connectivity index (χ3n) is 2.12. The summed E-state index contributed by atoms with van der Waals surface area (Å²) in [5.41, 5.74) is -0.0388. The van der Waals surface area contributed by atoms with Crippen molar-refractivity contribution in [3.63, 3.8) is 0 Å². The van der Waals surface area contributed by atoms with Crippen molar-refractivity contribution in [1.82, 2.24) is 0 Å². The van der Waals surface area contributed by atoms with Gasteiger partial charge in [-0.15, -0.1) is 0 Å². The Morgan fingerprint density at radius 2 is 1.69 bits per heavy atom. The van der Waals surface area contributed by atoms with E-state index in [0.29, 0.717) is 5.39 Å². The molecule has 0 aromatic heterocycles. The second-order valence-electron chi connectivity index (χ2n) is 2.99. The second kappa shape index (κ2) is 5.24. The first-order valence-electron chi connectivity index (χ1n) is 4.38. The van der Waals surface area contributed by atoms with E-state index in [1.54, 1.807) is 24.3 Å². The van der Waals surface area contributed by atoms with Gasteiger partial charge in [0.15, 0.2) is 0 Å². The van der Waals surface area contributed by atoms with E-state index in [4.69, 9.17) is 9.67 Å². The molecule has 16 heavy (non-hydrogen) atoms. The van der Waals surface area contributed by atoms with E-state index >= 15 is 0 Å². The van der Waals surface area contributed by atoms with Gasteiger partial charge in [0.2, 0.25) is 0 Å². The van der Waals surface area contributed by atoms with Gasteiger partial charge in [-0.05, 0) is 16.8 Å². The van der Waals surface area contributed by atoms with E-state index in [-0.39, 0.29) is 11.3 Å². The first-order chi connectivity index (χ1) is 7.70. The molecule has 4 nitrogen and oxygen atoms in total. The highest BCUT2D eigenvalue weighted by Crippen LogP contribution is 2.26. The van der Waals surface area contributed by atoms with Gasteiger partial charge in [-0.2, -0.15) is 0 Å². The Bertz CT molecular complexity index is 524. The van der Waals surface area contributed by atoms with E-state index in [0.717, 1.165) is 5.39 Å². The van der Waals surface area contributed by atoms with Crippen molar-refractivity contribution in [3.8, 4) is 5.75 Å². The lowest BCUT2D eigenvalue weighted by Gasteiger charge is -2.03. The Morgan fingerprint density at radius 3 is 2.31 bits per heavy atom. The van der Waals surface area contributed by atoms with Crippen molar-refractivity contribution in [2.75, 3.05) is 0 Å². The number of fused-ring (bicyclic) bond motifs is 1. The minimum absolute atomic E-state index is 0.0388. The molecule has 5 heteroatoms. The smallest absolute Gasteiger partial charge is 0.340 e. The molecule has 2 aromatic rings. The molecular formula is C11H10O4P+.